The Morgan fingerprint density at radius 3 is 2.85 bits per heavy atom. The molecule has 0 aromatic heterocycles. The highest BCUT2D eigenvalue weighted by atomic mass is 16.6. The molecule has 140 valence electrons. The fraction of sp³-hybridized carbons (Fsp3) is 0.350. The van der Waals surface area contributed by atoms with E-state index in [1.807, 2.05) is 24.3 Å². The molecule has 0 radical (unpaired) electrons. The van der Waals surface area contributed by atoms with E-state index in [4.69, 9.17) is 0 Å². The van der Waals surface area contributed by atoms with Crippen molar-refractivity contribution in [2.45, 2.75) is 32.2 Å². The van der Waals surface area contributed by atoms with Crippen molar-refractivity contribution in [2.24, 2.45) is 5.92 Å². The Bertz CT molecular complexity index is 893. The summed E-state index contributed by atoms with van der Waals surface area (Å²) >= 11 is 0. The van der Waals surface area contributed by atoms with Gasteiger partial charge in [-0.2, -0.15) is 0 Å². The Morgan fingerprint density at radius 2 is 2.11 bits per heavy atom. The molecule has 7 nitrogen and oxygen atoms in total. The monoisotopic (exact) mass is 366 g/mol. The van der Waals surface area contributed by atoms with Crippen LogP contribution in [0.1, 0.15) is 30.4 Å². The van der Waals surface area contributed by atoms with Crippen LogP contribution in [-0.4, -0.2) is 17.4 Å². The van der Waals surface area contributed by atoms with Crippen molar-refractivity contribution in [3.8, 4) is 0 Å². The third-order valence-electron chi connectivity index (χ3n) is 5.32. The zero-order chi connectivity index (χ0) is 18.8. The maximum absolute atomic E-state index is 12.1. The van der Waals surface area contributed by atoms with Gasteiger partial charge in [0, 0.05) is 42.0 Å². The van der Waals surface area contributed by atoms with Gasteiger partial charge in [0.1, 0.15) is 5.69 Å². The molecule has 2 aromatic rings. The number of carbonyl (C=O) groups excluding carboxylic acids is 1. The molecule has 7 heteroatoms. The maximum Gasteiger partial charge on any atom is 0.292 e. The molecule has 27 heavy (non-hydrogen) atoms. The largest absolute Gasteiger partial charge is 0.384 e. The van der Waals surface area contributed by atoms with Gasteiger partial charge in [0.15, 0.2) is 0 Å². The summed E-state index contributed by atoms with van der Waals surface area (Å²) in [6, 6.07) is 10.9. The lowest BCUT2D eigenvalue weighted by Crippen LogP contribution is -2.28. The molecule has 0 bridgehead atoms. The highest BCUT2D eigenvalue weighted by Crippen LogP contribution is 2.37. The number of nitrogens with one attached hydrogen (secondary N) is 3. The highest BCUT2D eigenvalue weighted by molar-refractivity contribution is 5.93. The van der Waals surface area contributed by atoms with Crippen molar-refractivity contribution < 1.29 is 9.72 Å². The quantitative estimate of drug-likeness (QED) is 0.532. The first-order valence-corrected chi connectivity index (χ1v) is 9.29. The standard InChI is InChI=1S/C20H22N4O3/c25-20(14-4-2-5-14)23-15-6-1-3-13(11-15)12-22-19-16-9-10-21-17(16)7-8-18(19)24(26)27/h1,3,6-8,11,14,21-22H,2,4-5,9-10,12H2,(H,23,25). The van der Waals surface area contributed by atoms with E-state index in [2.05, 4.69) is 16.0 Å². The summed E-state index contributed by atoms with van der Waals surface area (Å²) in [7, 11) is 0. The molecular weight excluding hydrogens is 344 g/mol. The van der Waals surface area contributed by atoms with Gasteiger partial charge >= 0.3 is 0 Å². The lowest BCUT2D eigenvalue weighted by molar-refractivity contribution is -0.384. The molecule has 1 amide bonds. The minimum atomic E-state index is -0.351. The summed E-state index contributed by atoms with van der Waals surface area (Å²) in [5, 5.41) is 20.9. The summed E-state index contributed by atoms with van der Waals surface area (Å²) < 4.78 is 0. The van der Waals surface area contributed by atoms with Crippen molar-refractivity contribution >= 4 is 28.7 Å². The Hall–Kier alpha value is -3.09. The van der Waals surface area contributed by atoms with Gasteiger partial charge in [-0.15, -0.1) is 0 Å². The number of nitrogens with zero attached hydrogens (tertiary/aromatic N) is 1. The third kappa shape index (κ3) is 3.58. The first kappa shape index (κ1) is 17.3. The second kappa shape index (κ2) is 7.26. The van der Waals surface area contributed by atoms with E-state index in [0.717, 1.165) is 54.7 Å². The first-order chi connectivity index (χ1) is 13.1. The Kier molecular flexibility index (Phi) is 4.66. The third-order valence-corrected chi connectivity index (χ3v) is 5.32. The topological polar surface area (TPSA) is 96.3 Å². The number of benzene rings is 2. The van der Waals surface area contributed by atoms with Crippen LogP contribution in [0.5, 0.6) is 0 Å². The zero-order valence-electron chi connectivity index (χ0n) is 15.0. The van der Waals surface area contributed by atoms with E-state index >= 15 is 0 Å². The molecule has 1 aliphatic carbocycles. The lowest BCUT2D eigenvalue weighted by atomic mass is 9.85. The van der Waals surface area contributed by atoms with Gasteiger partial charge in [-0.3, -0.25) is 14.9 Å². The van der Waals surface area contributed by atoms with Gasteiger partial charge in [0.25, 0.3) is 5.69 Å². The molecule has 3 N–H and O–H groups in total. The number of amides is 1. The normalized spacial score (nSPS) is 15.4. The van der Waals surface area contributed by atoms with Crippen LogP contribution in [0.2, 0.25) is 0 Å². The van der Waals surface area contributed by atoms with Crippen LogP contribution in [0.3, 0.4) is 0 Å². The molecular formula is C20H22N4O3. The van der Waals surface area contributed by atoms with Gasteiger partial charge in [-0.25, -0.2) is 0 Å². The van der Waals surface area contributed by atoms with Crippen LogP contribution in [0, 0.1) is 16.0 Å². The SMILES string of the molecule is O=C(Nc1cccc(CNc2c([N+](=O)[O-])ccc3c2CCN3)c1)C1CCC1. The number of rotatable bonds is 6. The molecule has 0 saturated heterocycles. The molecule has 2 aliphatic rings. The van der Waals surface area contributed by atoms with E-state index in [-0.39, 0.29) is 22.4 Å². The van der Waals surface area contributed by atoms with Crippen LogP contribution in [0.15, 0.2) is 36.4 Å². The number of anilines is 3. The minimum absolute atomic E-state index is 0.0777. The Morgan fingerprint density at radius 1 is 1.26 bits per heavy atom. The number of fused-ring (bicyclic) bond motifs is 1. The predicted molar refractivity (Wildman–Crippen MR) is 105 cm³/mol. The summed E-state index contributed by atoms with van der Waals surface area (Å²) in [4.78, 5) is 23.2. The number of nitro groups is 1. The average Bonchev–Trinajstić information content (AvgIpc) is 3.07. The molecule has 0 spiro atoms. The molecule has 2 aromatic carbocycles. The second-order valence-corrected chi connectivity index (χ2v) is 7.09. The molecule has 0 unspecified atom stereocenters. The zero-order valence-corrected chi connectivity index (χ0v) is 15.0. The van der Waals surface area contributed by atoms with Crippen molar-refractivity contribution in [3.63, 3.8) is 0 Å². The van der Waals surface area contributed by atoms with E-state index in [1.54, 1.807) is 6.07 Å². The fourth-order valence-electron chi connectivity index (χ4n) is 3.60. The maximum atomic E-state index is 12.1. The smallest absolute Gasteiger partial charge is 0.292 e. The second-order valence-electron chi connectivity index (χ2n) is 7.09. The van der Waals surface area contributed by atoms with Gasteiger partial charge in [0.2, 0.25) is 5.91 Å². The first-order valence-electron chi connectivity index (χ1n) is 9.29. The van der Waals surface area contributed by atoms with E-state index in [0.29, 0.717) is 12.2 Å². The van der Waals surface area contributed by atoms with Crippen LogP contribution >= 0.6 is 0 Å². The summed E-state index contributed by atoms with van der Waals surface area (Å²) in [5.74, 6) is 0.211. The van der Waals surface area contributed by atoms with Crippen molar-refractivity contribution in [2.75, 3.05) is 22.5 Å². The fourth-order valence-corrected chi connectivity index (χ4v) is 3.60. The van der Waals surface area contributed by atoms with E-state index < -0.39 is 0 Å². The number of hydrogen-bond donors (Lipinski definition) is 3. The molecule has 0 atom stereocenters. The molecule has 1 heterocycles. The van der Waals surface area contributed by atoms with Crippen LogP contribution in [-0.2, 0) is 17.8 Å². The van der Waals surface area contributed by atoms with Gasteiger partial charge in [-0.1, -0.05) is 18.6 Å². The molecule has 1 fully saturated rings. The van der Waals surface area contributed by atoms with Crippen molar-refractivity contribution in [3.05, 3.63) is 57.6 Å². The summed E-state index contributed by atoms with van der Waals surface area (Å²) in [5.41, 5.74) is 4.29. The van der Waals surface area contributed by atoms with Gasteiger partial charge in [0.05, 0.1) is 4.92 Å². The van der Waals surface area contributed by atoms with Gasteiger partial charge in [-0.05, 0) is 43.0 Å². The van der Waals surface area contributed by atoms with Crippen molar-refractivity contribution in [1.29, 1.82) is 0 Å². The van der Waals surface area contributed by atoms with E-state index in [1.165, 1.54) is 6.07 Å². The molecule has 4 rings (SSSR count). The van der Waals surface area contributed by atoms with Crippen LogP contribution < -0.4 is 16.0 Å². The van der Waals surface area contributed by atoms with Crippen LogP contribution in [0.25, 0.3) is 0 Å². The Balaban J connectivity index is 1.49. The number of carbonyl (C=O) groups is 1. The Labute approximate surface area is 157 Å². The predicted octanol–water partition coefficient (Wildman–Crippen LogP) is 3.91. The summed E-state index contributed by atoms with van der Waals surface area (Å²) in [6.45, 7) is 1.23. The van der Waals surface area contributed by atoms with Crippen LogP contribution in [0.4, 0.5) is 22.7 Å². The minimum Gasteiger partial charge on any atom is -0.384 e. The molecule has 1 saturated carbocycles. The molecule has 1 aliphatic heterocycles. The van der Waals surface area contributed by atoms with Gasteiger partial charge < -0.3 is 16.0 Å². The number of nitro benzene ring substituents is 1. The highest BCUT2D eigenvalue weighted by Gasteiger charge is 2.25. The lowest BCUT2D eigenvalue weighted by Gasteiger charge is -2.24. The average molecular weight is 366 g/mol. The van der Waals surface area contributed by atoms with Crippen molar-refractivity contribution in [1.82, 2.24) is 0 Å². The van der Waals surface area contributed by atoms with E-state index in [9.17, 15) is 14.9 Å². The number of hydrogen-bond acceptors (Lipinski definition) is 5. The summed E-state index contributed by atoms with van der Waals surface area (Å²) in [6.07, 6.45) is 3.81.